The number of hydrogen-bond acceptors (Lipinski definition) is 8. The molecule has 1 atom stereocenters. The third-order valence-electron chi connectivity index (χ3n) is 4.71. The second-order valence-electron chi connectivity index (χ2n) is 6.61. The largest absolute Gasteiger partial charge is 0.391 e. The lowest BCUT2D eigenvalue weighted by atomic mass is 10.1. The van der Waals surface area contributed by atoms with E-state index in [0.29, 0.717) is 49.2 Å². The van der Waals surface area contributed by atoms with Crippen LogP contribution in [0.5, 0.6) is 0 Å². The highest BCUT2D eigenvalue weighted by molar-refractivity contribution is 6.02. The molecule has 4 heterocycles. The quantitative estimate of drug-likeness (QED) is 0.562. The van der Waals surface area contributed by atoms with Gasteiger partial charge >= 0.3 is 6.01 Å². The molecule has 0 saturated carbocycles. The number of imidazole rings is 1. The monoisotopic (exact) mass is 361 g/mol. The highest BCUT2D eigenvalue weighted by atomic mass is 16.5. The molecule has 2 N–H and O–H groups in total. The van der Waals surface area contributed by atoms with Crippen LogP contribution in [-0.2, 0) is 6.42 Å². The van der Waals surface area contributed by atoms with Crippen LogP contribution in [0, 0.1) is 11.3 Å². The van der Waals surface area contributed by atoms with Gasteiger partial charge in [0.25, 0.3) is 0 Å². The van der Waals surface area contributed by atoms with Gasteiger partial charge in [0.1, 0.15) is 5.82 Å². The number of aromatic amines is 1. The molecule has 0 aliphatic carbocycles. The lowest BCUT2D eigenvalue weighted by Crippen LogP contribution is -2.21. The molecule has 0 unspecified atom stereocenters. The van der Waals surface area contributed by atoms with Crippen LogP contribution in [0.25, 0.3) is 21.9 Å². The minimum Gasteiger partial charge on any atom is -0.391 e. The van der Waals surface area contributed by atoms with Crippen molar-refractivity contribution in [3.05, 3.63) is 41.6 Å². The van der Waals surface area contributed by atoms with Crippen LogP contribution < -0.4 is 4.90 Å². The van der Waals surface area contributed by atoms with E-state index in [4.69, 9.17) is 9.78 Å². The van der Waals surface area contributed by atoms with Crippen LogP contribution in [0.4, 0.5) is 6.01 Å². The number of anilines is 1. The number of nitriles is 1. The molecule has 4 aromatic rings. The summed E-state index contributed by atoms with van der Waals surface area (Å²) < 4.78 is 5.31. The molecule has 27 heavy (non-hydrogen) atoms. The zero-order valence-corrected chi connectivity index (χ0v) is 14.3. The van der Waals surface area contributed by atoms with E-state index < -0.39 is 0 Å². The number of aromatic nitrogens is 5. The van der Waals surface area contributed by atoms with Gasteiger partial charge in [0.15, 0.2) is 5.82 Å². The van der Waals surface area contributed by atoms with Gasteiger partial charge in [-0.3, -0.25) is 4.98 Å². The minimum absolute atomic E-state index is 0.352. The Kier molecular flexibility index (Phi) is 3.51. The fourth-order valence-electron chi connectivity index (χ4n) is 3.37. The van der Waals surface area contributed by atoms with Gasteiger partial charge < -0.3 is 19.5 Å². The van der Waals surface area contributed by atoms with Crippen LogP contribution in [0.1, 0.15) is 23.6 Å². The second kappa shape index (κ2) is 6.03. The molecular formula is C18H15N7O2. The third kappa shape index (κ3) is 2.76. The standard InChI is InChI=1S/C18H15N7O2/c19-7-10-1-2-13-12(5-10)17-14(8-20-13)21-15(22-17)6-16-23-18(27-24-16)25-4-3-11(26)9-25/h1-2,5,8,11,26H,3-4,6,9H2,(H,21,22)/t11-/m1/s1. The Hall–Kier alpha value is -3.51. The molecule has 3 aromatic heterocycles. The summed E-state index contributed by atoms with van der Waals surface area (Å²) in [6.45, 7) is 1.21. The number of hydrogen-bond donors (Lipinski definition) is 2. The molecule has 1 aliphatic heterocycles. The molecule has 1 aromatic carbocycles. The van der Waals surface area contributed by atoms with Crippen LogP contribution >= 0.6 is 0 Å². The lowest BCUT2D eigenvalue weighted by Gasteiger charge is -2.09. The van der Waals surface area contributed by atoms with Gasteiger partial charge in [-0.2, -0.15) is 10.2 Å². The minimum atomic E-state index is -0.352. The van der Waals surface area contributed by atoms with E-state index in [0.717, 1.165) is 21.9 Å². The summed E-state index contributed by atoms with van der Waals surface area (Å²) in [7, 11) is 0. The lowest BCUT2D eigenvalue weighted by molar-refractivity contribution is 0.197. The van der Waals surface area contributed by atoms with Crippen LogP contribution in [-0.4, -0.2) is 49.4 Å². The van der Waals surface area contributed by atoms with Crippen molar-refractivity contribution in [1.82, 2.24) is 25.1 Å². The van der Waals surface area contributed by atoms with E-state index in [2.05, 4.69) is 31.2 Å². The number of benzene rings is 1. The fourth-order valence-corrected chi connectivity index (χ4v) is 3.37. The first-order valence-electron chi connectivity index (χ1n) is 8.62. The van der Waals surface area contributed by atoms with Gasteiger partial charge in [-0.15, -0.1) is 0 Å². The fraction of sp³-hybridized carbons (Fsp3) is 0.278. The van der Waals surface area contributed by atoms with Gasteiger partial charge in [0.2, 0.25) is 0 Å². The van der Waals surface area contributed by atoms with E-state index in [1.165, 1.54) is 0 Å². The Balaban J connectivity index is 1.46. The number of aliphatic hydroxyl groups excluding tert-OH is 1. The predicted octanol–water partition coefficient (Wildman–Crippen LogP) is 1.53. The molecule has 0 radical (unpaired) electrons. The van der Waals surface area contributed by atoms with E-state index in [9.17, 15) is 5.11 Å². The summed E-state index contributed by atoms with van der Waals surface area (Å²) in [6, 6.07) is 7.91. The number of pyridine rings is 1. The Morgan fingerprint density at radius 2 is 2.30 bits per heavy atom. The van der Waals surface area contributed by atoms with Crippen molar-refractivity contribution in [1.29, 1.82) is 5.26 Å². The SMILES string of the molecule is N#Cc1ccc2ncc3[nH]c(Cc4noc(N5CC[C@@H](O)C5)n4)nc3c2c1. The van der Waals surface area contributed by atoms with Gasteiger partial charge in [-0.25, -0.2) is 4.98 Å². The molecule has 1 saturated heterocycles. The number of fused-ring (bicyclic) bond motifs is 3. The third-order valence-corrected chi connectivity index (χ3v) is 4.71. The molecule has 1 fully saturated rings. The molecule has 5 rings (SSSR count). The van der Waals surface area contributed by atoms with Gasteiger partial charge in [-0.05, 0) is 24.6 Å². The zero-order valence-electron chi connectivity index (χ0n) is 14.3. The maximum Gasteiger partial charge on any atom is 0.324 e. The summed E-state index contributed by atoms with van der Waals surface area (Å²) >= 11 is 0. The van der Waals surface area contributed by atoms with Gasteiger partial charge in [0.05, 0.1) is 46.9 Å². The number of β-amino-alcohol motifs (C(OH)–C–C–N with tert-alkyl or cyclic N) is 1. The highest BCUT2D eigenvalue weighted by Crippen LogP contribution is 2.24. The number of nitrogens with one attached hydrogen (secondary N) is 1. The van der Waals surface area contributed by atoms with Crippen molar-refractivity contribution >= 4 is 28.0 Å². The molecule has 0 amide bonds. The molecule has 134 valence electrons. The Labute approximate surface area is 153 Å². The van der Waals surface area contributed by atoms with E-state index in [-0.39, 0.29) is 6.10 Å². The Bertz CT molecular complexity index is 1190. The molecule has 0 spiro atoms. The predicted molar refractivity (Wildman–Crippen MR) is 96.1 cm³/mol. The van der Waals surface area contributed by atoms with E-state index in [1.54, 1.807) is 18.3 Å². The first kappa shape index (κ1) is 15.7. The van der Waals surface area contributed by atoms with Crippen molar-refractivity contribution in [2.75, 3.05) is 18.0 Å². The molecular weight excluding hydrogens is 346 g/mol. The summed E-state index contributed by atoms with van der Waals surface area (Å²) in [5.41, 5.74) is 2.91. The number of H-pyrrole nitrogens is 1. The first-order valence-corrected chi connectivity index (χ1v) is 8.62. The topological polar surface area (TPSA) is 128 Å². The Morgan fingerprint density at radius 3 is 3.11 bits per heavy atom. The van der Waals surface area contributed by atoms with Crippen molar-refractivity contribution in [3.63, 3.8) is 0 Å². The van der Waals surface area contributed by atoms with Crippen LogP contribution in [0.15, 0.2) is 28.9 Å². The number of aliphatic hydroxyl groups is 1. The first-order chi connectivity index (χ1) is 13.2. The van der Waals surface area contributed by atoms with Gasteiger partial charge in [0, 0.05) is 18.5 Å². The van der Waals surface area contributed by atoms with Gasteiger partial charge in [-0.1, -0.05) is 5.16 Å². The van der Waals surface area contributed by atoms with Crippen LogP contribution in [0.3, 0.4) is 0 Å². The van der Waals surface area contributed by atoms with Crippen molar-refractivity contribution in [2.24, 2.45) is 0 Å². The molecule has 0 bridgehead atoms. The smallest absolute Gasteiger partial charge is 0.324 e. The summed E-state index contributed by atoms with van der Waals surface area (Å²) in [5, 5.41) is 23.6. The summed E-state index contributed by atoms with van der Waals surface area (Å²) in [5.74, 6) is 1.20. The highest BCUT2D eigenvalue weighted by Gasteiger charge is 2.25. The van der Waals surface area contributed by atoms with Crippen molar-refractivity contribution in [3.8, 4) is 6.07 Å². The summed E-state index contributed by atoms with van der Waals surface area (Å²) in [6.07, 6.45) is 2.46. The molecule has 9 nitrogen and oxygen atoms in total. The average molecular weight is 361 g/mol. The van der Waals surface area contributed by atoms with Crippen LogP contribution in [0.2, 0.25) is 0 Å². The summed E-state index contributed by atoms with van der Waals surface area (Å²) in [4.78, 5) is 18.6. The Morgan fingerprint density at radius 1 is 1.37 bits per heavy atom. The number of nitrogens with zero attached hydrogens (tertiary/aromatic N) is 6. The number of rotatable bonds is 3. The zero-order chi connectivity index (χ0) is 18.4. The van der Waals surface area contributed by atoms with Crippen molar-refractivity contribution in [2.45, 2.75) is 18.9 Å². The normalized spacial score (nSPS) is 17.0. The average Bonchev–Trinajstić information content (AvgIpc) is 3.40. The van der Waals surface area contributed by atoms with Crippen molar-refractivity contribution < 1.29 is 9.63 Å². The maximum absolute atomic E-state index is 9.63. The van der Waals surface area contributed by atoms with E-state index >= 15 is 0 Å². The molecule has 9 heteroatoms. The molecule has 1 aliphatic rings. The second-order valence-corrected chi connectivity index (χ2v) is 6.61. The maximum atomic E-state index is 9.63. The van der Waals surface area contributed by atoms with E-state index in [1.807, 2.05) is 11.0 Å².